The molecule has 2 aromatic carbocycles. The monoisotopic (exact) mass is 521 g/mol. The van der Waals surface area contributed by atoms with Crippen molar-refractivity contribution in [1.82, 2.24) is 10.2 Å². The van der Waals surface area contributed by atoms with Gasteiger partial charge < -0.3 is 16.0 Å². The Bertz CT molecular complexity index is 1020. The lowest BCUT2D eigenvalue weighted by atomic mass is 9.81. The average molecular weight is 522 g/mol. The molecule has 1 heterocycles. The molecule has 3 atom stereocenters. The second kappa shape index (κ2) is 16.0. The van der Waals surface area contributed by atoms with Crippen LogP contribution in [-0.2, 0) is 20.9 Å². The van der Waals surface area contributed by atoms with Crippen molar-refractivity contribution in [2.75, 3.05) is 6.54 Å². The Morgan fingerprint density at radius 2 is 1.68 bits per heavy atom. The van der Waals surface area contributed by atoms with Gasteiger partial charge in [-0.05, 0) is 60.8 Å². The topological polar surface area (TPSA) is 92.5 Å². The number of nitrogens with one attached hydrogen (secondary N) is 1. The van der Waals surface area contributed by atoms with E-state index in [9.17, 15) is 14.4 Å². The minimum atomic E-state index is -0.581. The summed E-state index contributed by atoms with van der Waals surface area (Å²) in [5.41, 5.74) is 9.01. The third-order valence-corrected chi connectivity index (χ3v) is 7.02. The first kappa shape index (κ1) is 31.1. The van der Waals surface area contributed by atoms with Crippen molar-refractivity contribution in [2.45, 2.75) is 85.7 Å². The predicted molar refractivity (Wildman–Crippen MR) is 155 cm³/mol. The Balaban J connectivity index is 0.00000247. The molecule has 208 valence electrons. The van der Waals surface area contributed by atoms with E-state index < -0.39 is 23.8 Å². The first-order valence-electron chi connectivity index (χ1n) is 14.3. The van der Waals surface area contributed by atoms with E-state index >= 15 is 0 Å². The average Bonchev–Trinajstić information content (AvgIpc) is 3.08. The largest absolute Gasteiger partial charge is 0.369 e. The Hall–Kier alpha value is -3.15. The van der Waals surface area contributed by atoms with Gasteiger partial charge in [-0.1, -0.05) is 89.6 Å². The normalized spacial score (nSPS) is 17.2. The highest BCUT2D eigenvalue weighted by Gasteiger charge is 2.35. The quantitative estimate of drug-likeness (QED) is 0.383. The zero-order chi connectivity index (χ0) is 28.1. The van der Waals surface area contributed by atoms with E-state index in [1.165, 1.54) is 0 Å². The van der Waals surface area contributed by atoms with Crippen LogP contribution in [0.3, 0.4) is 0 Å². The first-order chi connectivity index (χ1) is 18.3. The number of nitrogens with zero attached hydrogens (tertiary/aromatic N) is 1. The van der Waals surface area contributed by atoms with Crippen LogP contribution in [0, 0.1) is 17.8 Å². The smallest absolute Gasteiger partial charge is 0.245 e. The number of benzene rings is 2. The highest BCUT2D eigenvalue weighted by molar-refractivity contribution is 5.91. The molecule has 0 bridgehead atoms. The van der Waals surface area contributed by atoms with E-state index in [4.69, 9.17) is 5.73 Å². The molecule has 0 aromatic heterocycles. The maximum atomic E-state index is 13.5. The first-order valence-corrected chi connectivity index (χ1v) is 14.3. The van der Waals surface area contributed by atoms with Gasteiger partial charge in [0.1, 0.15) is 6.04 Å². The van der Waals surface area contributed by atoms with Gasteiger partial charge >= 0.3 is 0 Å². The van der Waals surface area contributed by atoms with Gasteiger partial charge in [0.2, 0.25) is 17.7 Å². The molecular weight excluding hydrogens is 474 g/mol. The van der Waals surface area contributed by atoms with Gasteiger partial charge in [0.25, 0.3) is 0 Å². The lowest BCUT2D eigenvalue weighted by molar-refractivity contribution is -0.139. The third-order valence-electron chi connectivity index (χ3n) is 7.02. The maximum absolute atomic E-state index is 13.5. The summed E-state index contributed by atoms with van der Waals surface area (Å²) in [7, 11) is 0. The van der Waals surface area contributed by atoms with Crippen molar-refractivity contribution < 1.29 is 14.4 Å². The number of nitrogens with two attached hydrogens (primary N) is 1. The van der Waals surface area contributed by atoms with Crippen LogP contribution in [0.5, 0.6) is 0 Å². The van der Waals surface area contributed by atoms with Gasteiger partial charge in [0.15, 0.2) is 0 Å². The molecule has 6 nitrogen and oxygen atoms in total. The van der Waals surface area contributed by atoms with Crippen molar-refractivity contribution in [1.29, 1.82) is 0 Å². The molecule has 0 spiro atoms. The van der Waals surface area contributed by atoms with E-state index in [0.29, 0.717) is 32.4 Å². The fourth-order valence-electron chi connectivity index (χ4n) is 5.19. The number of carbonyl (C=O) groups excluding carboxylic acids is 3. The molecule has 0 radical (unpaired) electrons. The van der Waals surface area contributed by atoms with E-state index in [1.54, 1.807) is 0 Å². The van der Waals surface area contributed by atoms with Gasteiger partial charge in [-0.3, -0.25) is 14.4 Å². The zero-order valence-electron chi connectivity index (χ0n) is 23.9. The molecule has 3 N–H and O–H groups in total. The summed E-state index contributed by atoms with van der Waals surface area (Å²) in [4.78, 5) is 41.0. The molecule has 2 aromatic rings. The molecule has 1 aliphatic heterocycles. The summed E-state index contributed by atoms with van der Waals surface area (Å²) in [6.07, 6.45) is 4.27. The van der Waals surface area contributed by atoms with Crippen LogP contribution in [0.25, 0.3) is 11.1 Å². The second-order valence-electron chi connectivity index (χ2n) is 10.4. The van der Waals surface area contributed by atoms with Crippen LogP contribution >= 0.6 is 0 Å². The Kier molecular flexibility index (Phi) is 13.0. The summed E-state index contributed by atoms with van der Waals surface area (Å²) in [6.45, 7) is 11.2. The molecule has 3 unspecified atom stereocenters. The molecule has 3 amide bonds. The molecule has 1 aliphatic rings. The van der Waals surface area contributed by atoms with Crippen molar-refractivity contribution in [3.63, 3.8) is 0 Å². The van der Waals surface area contributed by atoms with E-state index in [2.05, 4.69) is 29.6 Å². The fourth-order valence-corrected chi connectivity index (χ4v) is 5.19. The number of hydrogen-bond acceptors (Lipinski definition) is 3. The molecule has 3 rings (SSSR count). The molecule has 1 fully saturated rings. The number of likely N-dealkylation sites (tertiary alicyclic amines) is 1. The summed E-state index contributed by atoms with van der Waals surface area (Å²) in [5.74, 6) is -1.53. The van der Waals surface area contributed by atoms with Crippen LogP contribution in [0.4, 0.5) is 0 Å². The van der Waals surface area contributed by atoms with Crippen LogP contribution in [0.15, 0.2) is 54.6 Å². The summed E-state index contributed by atoms with van der Waals surface area (Å²) in [6, 6.07) is 17.9. The van der Waals surface area contributed by atoms with Crippen molar-refractivity contribution >= 4 is 17.7 Å². The second-order valence-corrected chi connectivity index (χ2v) is 10.4. The van der Waals surface area contributed by atoms with Crippen LogP contribution < -0.4 is 11.1 Å². The van der Waals surface area contributed by atoms with E-state index in [-0.39, 0.29) is 17.7 Å². The highest BCUT2D eigenvalue weighted by atomic mass is 16.2. The molecule has 0 aliphatic carbocycles. The molecule has 0 saturated carbocycles. The summed E-state index contributed by atoms with van der Waals surface area (Å²) in [5, 5.41) is 3.02. The van der Waals surface area contributed by atoms with Crippen LogP contribution in [0.1, 0.15) is 78.7 Å². The van der Waals surface area contributed by atoms with E-state index in [1.807, 2.05) is 69.9 Å². The van der Waals surface area contributed by atoms with Crippen molar-refractivity contribution in [2.24, 2.45) is 23.5 Å². The lowest BCUT2D eigenvalue weighted by Gasteiger charge is -2.29. The van der Waals surface area contributed by atoms with Gasteiger partial charge in [0.05, 0.1) is 0 Å². The number of hydrogen-bond donors (Lipinski definition) is 2. The van der Waals surface area contributed by atoms with Gasteiger partial charge in [-0.2, -0.15) is 0 Å². The van der Waals surface area contributed by atoms with E-state index in [0.717, 1.165) is 36.0 Å². The summed E-state index contributed by atoms with van der Waals surface area (Å²) < 4.78 is 0. The predicted octanol–water partition coefficient (Wildman–Crippen LogP) is 5.94. The molecular formula is C32H47N3O3. The van der Waals surface area contributed by atoms with Gasteiger partial charge in [-0.25, -0.2) is 0 Å². The number of rotatable bonds is 11. The van der Waals surface area contributed by atoms with Crippen molar-refractivity contribution in [3.8, 4) is 11.1 Å². The standard InChI is InChI=1S/C30H41N3O3.C2H6/c1-4-11-25(28(31)34)26(18-21(2)3)29(35)32-27-16-8-9-17-33(30(27)36)20-22-12-10-15-24(19-22)23-13-6-5-7-14-23;1-2/h5-7,10,12-15,19,21,25-27H,4,8-9,11,16-18,20H2,1-3H3,(H2,31,34)(H,32,35);1-2H3. The summed E-state index contributed by atoms with van der Waals surface area (Å²) >= 11 is 0. The molecule has 1 saturated heterocycles. The minimum absolute atomic E-state index is 0.0552. The third kappa shape index (κ3) is 9.00. The Labute approximate surface area is 229 Å². The number of carbonyl (C=O) groups is 3. The molecule has 6 heteroatoms. The Morgan fingerprint density at radius 1 is 1.00 bits per heavy atom. The highest BCUT2D eigenvalue weighted by Crippen LogP contribution is 2.26. The lowest BCUT2D eigenvalue weighted by Crippen LogP contribution is -2.50. The molecule has 38 heavy (non-hydrogen) atoms. The van der Waals surface area contributed by atoms with Crippen LogP contribution in [0.2, 0.25) is 0 Å². The maximum Gasteiger partial charge on any atom is 0.245 e. The van der Waals surface area contributed by atoms with Crippen molar-refractivity contribution in [3.05, 3.63) is 60.2 Å². The fraction of sp³-hybridized carbons (Fsp3) is 0.531. The van der Waals surface area contributed by atoms with Gasteiger partial charge in [0, 0.05) is 24.9 Å². The van der Waals surface area contributed by atoms with Crippen LogP contribution in [-0.4, -0.2) is 35.2 Å². The SMILES string of the molecule is CC.CCCC(C(N)=O)C(CC(C)C)C(=O)NC1CCCCN(Cc2cccc(-c3ccccc3)c2)C1=O. The van der Waals surface area contributed by atoms with Gasteiger partial charge in [-0.15, -0.1) is 0 Å². The minimum Gasteiger partial charge on any atom is -0.369 e. The zero-order valence-corrected chi connectivity index (χ0v) is 23.9. The Morgan fingerprint density at radius 3 is 2.32 bits per heavy atom. The number of amides is 3. The number of primary amides is 1.